The summed E-state index contributed by atoms with van der Waals surface area (Å²) < 4.78 is 5.34. The minimum absolute atomic E-state index is 0.0961. The highest BCUT2D eigenvalue weighted by atomic mass is 16.5. The summed E-state index contributed by atoms with van der Waals surface area (Å²) in [6.45, 7) is 2.64. The van der Waals surface area contributed by atoms with Crippen molar-refractivity contribution in [3.63, 3.8) is 0 Å². The molecule has 1 saturated heterocycles. The molecule has 1 unspecified atom stereocenters. The Bertz CT molecular complexity index is 308. The van der Waals surface area contributed by atoms with Crippen LogP contribution in [0.4, 0.5) is 0 Å². The number of likely N-dealkylation sites (N-methyl/N-ethyl adjacent to an activating group) is 1. The first kappa shape index (κ1) is 14.8. The summed E-state index contributed by atoms with van der Waals surface area (Å²) in [7, 11) is 4.07. The van der Waals surface area contributed by atoms with E-state index in [0.29, 0.717) is 25.7 Å². The molecule has 5 nitrogen and oxygen atoms in total. The van der Waals surface area contributed by atoms with E-state index in [1.54, 1.807) is 0 Å². The summed E-state index contributed by atoms with van der Waals surface area (Å²) in [6, 6.07) is 0.383. The molecule has 0 aromatic rings. The molecular weight excluding hydrogens is 242 g/mol. The van der Waals surface area contributed by atoms with Gasteiger partial charge in [0.25, 0.3) is 0 Å². The fourth-order valence-corrected chi connectivity index (χ4v) is 3.01. The SMILES string of the molecule is CN(C)CCN(C(=O)C1(N)CCOC1)C1CCCC1. The lowest BCUT2D eigenvalue weighted by atomic mass is 9.97. The summed E-state index contributed by atoms with van der Waals surface area (Å²) in [5.74, 6) is 0.0961. The Kier molecular flexibility index (Phi) is 4.81. The first-order chi connectivity index (χ1) is 9.03. The van der Waals surface area contributed by atoms with Gasteiger partial charge in [-0.25, -0.2) is 0 Å². The summed E-state index contributed by atoms with van der Waals surface area (Å²) in [5, 5.41) is 0. The fraction of sp³-hybridized carbons (Fsp3) is 0.929. The smallest absolute Gasteiger partial charge is 0.245 e. The van der Waals surface area contributed by atoms with E-state index >= 15 is 0 Å². The number of hydrogen-bond donors (Lipinski definition) is 1. The van der Waals surface area contributed by atoms with Gasteiger partial charge in [-0.1, -0.05) is 12.8 Å². The Balaban J connectivity index is 2.04. The summed E-state index contributed by atoms with van der Waals surface area (Å²) in [5.41, 5.74) is 5.46. The maximum Gasteiger partial charge on any atom is 0.245 e. The predicted molar refractivity (Wildman–Crippen MR) is 74.9 cm³/mol. The molecule has 110 valence electrons. The topological polar surface area (TPSA) is 58.8 Å². The van der Waals surface area contributed by atoms with E-state index in [9.17, 15) is 4.79 Å². The van der Waals surface area contributed by atoms with Gasteiger partial charge in [-0.3, -0.25) is 4.79 Å². The predicted octanol–water partition coefficient (Wildman–Crippen LogP) is 0.437. The van der Waals surface area contributed by atoms with Crippen LogP contribution in [0.15, 0.2) is 0 Å². The molecule has 0 bridgehead atoms. The van der Waals surface area contributed by atoms with Crippen LogP contribution in [-0.2, 0) is 9.53 Å². The molecule has 0 spiro atoms. The van der Waals surface area contributed by atoms with Gasteiger partial charge in [-0.05, 0) is 33.4 Å². The van der Waals surface area contributed by atoms with E-state index in [4.69, 9.17) is 10.5 Å². The zero-order valence-electron chi connectivity index (χ0n) is 12.2. The average molecular weight is 269 g/mol. The number of nitrogens with zero attached hydrogens (tertiary/aromatic N) is 2. The number of rotatable bonds is 5. The third-order valence-corrected chi connectivity index (χ3v) is 4.29. The van der Waals surface area contributed by atoms with Crippen LogP contribution in [0.25, 0.3) is 0 Å². The van der Waals surface area contributed by atoms with Crippen LogP contribution in [0.3, 0.4) is 0 Å². The van der Waals surface area contributed by atoms with E-state index < -0.39 is 5.54 Å². The van der Waals surface area contributed by atoms with Gasteiger partial charge in [0.05, 0.1) is 6.61 Å². The van der Waals surface area contributed by atoms with Gasteiger partial charge in [0.2, 0.25) is 5.91 Å². The molecule has 0 aromatic carbocycles. The van der Waals surface area contributed by atoms with Crippen molar-refractivity contribution in [2.24, 2.45) is 5.73 Å². The Morgan fingerprint density at radius 3 is 2.53 bits per heavy atom. The second-order valence-electron chi connectivity index (χ2n) is 6.20. The van der Waals surface area contributed by atoms with Gasteiger partial charge < -0.3 is 20.3 Å². The maximum absolute atomic E-state index is 12.8. The van der Waals surface area contributed by atoms with Crippen LogP contribution >= 0.6 is 0 Å². The number of hydrogen-bond acceptors (Lipinski definition) is 4. The van der Waals surface area contributed by atoms with Crippen molar-refractivity contribution < 1.29 is 9.53 Å². The molecule has 5 heteroatoms. The van der Waals surface area contributed by atoms with Gasteiger partial charge >= 0.3 is 0 Å². The van der Waals surface area contributed by atoms with E-state index in [-0.39, 0.29) is 5.91 Å². The van der Waals surface area contributed by atoms with Crippen LogP contribution in [0.1, 0.15) is 32.1 Å². The average Bonchev–Trinajstić information content (AvgIpc) is 3.01. The van der Waals surface area contributed by atoms with Crippen molar-refractivity contribution in [1.29, 1.82) is 0 Å². The highest BCUT2D eigenvalue weighted by Crippen LogP contribution is 2.27. The normalized spacial score (nSPS) is 28.2. The second kappa shape index (κ2) is 6.20. The summed E-state index contributed by atoms with van der Waals surface area (Å²) in [4.78, 5) is 16.9. The highest BCUT2D eigenvalue weighted by Gasteiger charge is 2.43. The van der Waals surface area contributed by atoms with Crippen LogP contribution in [-0.4, -0.2) is 67.7 Å². The largest absolute Gasteiger partial charge is 0.379 e. The molecule has 0 radical (unpaired) electrons. The lowest BCUT2D eigenvalue weighted by molar-refractivity contribution is -0.139. The second-order valence-corrected chi connectivity index (χ2v) is 6.20. The molecular formula is C14H27N3O2. The van der Waals surface area contributed by atoms with Gasteiger partial charge in [-0.2, -0.15) is 0 Å². The molecule has 1 amide bonds. The molecule has 19 heavy (non-hydrogen) atoms. The molecule has 2 fully saturated rings. The number of amides is 1. The van der Waals surface area contributed by atoms with E-state index in [1.807, 2.05) is 19.0 Å². The molecule has 2 rings (SSSR count). The minimum Gasteiger partial charge on any atom is -0.379 e. The van der Waals surface area contributed by atoms with Crippen molar-refractivity contribution >= 4 is 5.91 Å². The lowest BCUT2D eigenvalue weighted by Gasteiger charge is -2.35. The van der Waals surface area contributed by atoms with Crippen LogP contribution in [0.2, 0.25) is 0 Å². The molecule has 1 saturated carbocycles. The quantitative estimate of drug-likeness (QED) is 0.786. The molecule has 1 aliphatic heterocycles. The Labute approximate surface area is 116 Å². The Hall–Kier alpha value is -0.650. The number of nitrogens with two attached hydrogens (primary N) is 1. The monoisotopic (exact) mass is 269 g/mol. The van der Waals surface area contributed by atoms with Crippen molar-refractivity contribution in [2.75, 3.05) is 40.4 Å². The Morgan fingerprint density at radius 2 is 2.00 bits per heavy atom. The molecule has 2 N–H and O–H groups in total. The summed E-state index contributed by atoms with van der Waals surface area (Å²) >= 11 is 0. The molecule has 1 aliphatic carbocycles. The number of ether oxygens (including phenoxy) is 1. The van der Waals surface area contributed by atoms with Crippen molar-refractivity contribution in [2.45, 2.75) is 43.7 Å². The number of carbonyl (C=O) groups is 1. The van der Waals surface area contributed by atoms with Gasteiger partial charge in [0.15, 0.2) is 0 Å². The summed E-state index contributed by atoms with van der Waals surface area (Å²) in [6.07, 6.45) is 5.35. The molecule has 2 aliphatic rings. The molecule has 1 heterocycles. The van der Waals surface area contributed by atoms with Crippen molar-refractivity contribution in [1.82, 2.24) is 9.80 Å². The van der Waals surface area contributed by atoms with Gasteiger partial charge in [0, 0.05) is 25.7 Å². The van der Waals surface area contributed by atoms with Crippen molar-refractivity contribution in [3.05, 3.63) is 0 Å². The highest BCUT2D eigenvalue weighted by molar-refractivity contribution is 5.87. The van der Waals surface area contributed by atoms with Crippen LogP contribution in [0.5, 0.6) is 0 Å². The molecule has 0 aromatic heterocycles. The third-order valence-electron chi connectivity index (χ3n) is 4.29. The lowest BCUT2D eigenvalue weighted by Crippen LogP contribution is -2.58. The fourth-order valence-electron chi connectivity index (χ4n) is 3.01. The van der Waals surface area contributed by atoms with Crippen LogP contribution < -0.4 is 5.73 Å². The number of carbonyl (C=O) groups excluding carboxylic acids is 1. The Morgan fingerprint density at radius 1 is 1.32 bits per heavy atom. The first-order valence-corrected chi connectivity index (χ1v) is 7.35. The maximum atomic E-state index is 12.8. The zero-order valence-corrected chi connectivity index (χ0v) is 12.2. The minimum atomic E-state index is -0.783. The van der Waals surface area contributed by atoms with Gasteiger partial charge in [-0.15, -0.1) is 0 Å². The standard InChI is InChI=1S/C14H27N3O2/c1-16(2)8-9-17(12-5-3-4-6-12)13(18)14(15)7-10-19-11-14/h12H,3-11,15H2,1-2H3. The van der Waals surface area contributed by atoms with Gasteiger partial charge in [0.1, 0.15) is 5.54 Å². The van der Waals surface area contributed by atoms with E-state index in [0.717, 1.165) is 25.9 Å². The zero-order chi connectivity index (χ0) is 13.9. The van der Waals surface area contributed by atoms with Crippen LogP contribution in [0, 0.1) is 0 Å². The third kappa shape index (κ3) is 3.46. The van der Waals surface area contributed by atoms with E-state index in [1.165, 1.54) is 12.8 Å². The molecule has 1 atom stereocenters. The van der Waals surface area contributed by atoms with Crippen molar-refractivity contribution in [3.8, 4) is 0 Å². The first-order valence-electron chi connectivity index (χ1n) is 7.35. The van der Waals surface area contributed by atoms with E-state index in [2.05, 4.69) is 4.90 Å².